The van der Waals surface area contributed by atoms with Crippen molar-refractivity contribution in [1.82, 2.24) is 4.31 Å². The van der Waals surface area contributed by atoms with Gasteiger partial charge in [0.25, 0.3) is 0 Å². The Bertz CT molecular complexity index is 433. The van der Waals surface area contributed by atoms with E-state index in [1.54, 1.807) is 0 Å². The number of carboxylic acid groups (broad SMARTS) is 1. The van der Waals surface area contributed by atoms with Crippen LogP contribution in [-0.2, 0) is 29.1 Å². The molecule has 1 rings (SSSR count). The SMILES string of the molecule is COC(=O)C1COCCN1S(=O)(=O)CCCC(=O)O. The minimum atomic E-state index is -3.69. The highest BCUT2D eigenvalue weighted by molar-refractivity contribution is 7.89. The number of nitrogens with zero attached hydrogens (tertiary/aromatic N) is 1. The Labute approximate surface area is 111 Å². The molecular formula is C10H17NO7S. The monoisotopic (exact) mass is 295 g/mol. The van der Waals surface area contributed by atoms with Gasteiger partial charge in [-0.25, -0.2) is 8.42 Å². The maximum absolute atomic E-state index is 12.1. The van der Waals surface area contributed by atoms with Gasteiger partial charge in [0.05, 0.1) is 26.1 Å². The van der Waals surface area contributed by atoms with Crippen LogP contribution in [0.5, 0.6) is 0 Å². The number of esters is 1. The normalized spacial score (nSPS) is 21.0. The molecule has 0 radical (unpaired) electrons. The van der Waals surface area contributed by atoms with Crippen molar-refractivity contribution < 1.29 is 32.6 Å². The molecule has 110 valence electrons. The van der Waals surface area contributed by atoms with E-state index < -0.39 is 28.0 Å². The van der Waals surface area contributed by atoms with E-state index in [1.165, 1.54) is 7.11 Å². The summed E-state index contributed by atoms with van der Waals surface area (Å²) in [5.74, 6) is -2.05. The van der Waals surface area contributed by atoms with Gasteiger partial charge >= 0.3 is 11.9 Å². The predicted octanol–water partition coefficient (Wildman–Crippen LogP) is -0.945. The van der Waals surface area contributed by atoms with Crippen molar-refractivity contribution in [1.29, 1.82) is 0 Å². The molecule has 19 heavy (non-hydrogen) atoms. The molecule has 0 aromatic rings. The van der Waals surface area contributed by atoms with E-state index in [2.05, 4.69) is 4.74 Å². The van der Waals surface area contributed by atoms with Crippen molar-refractivity contribution in [2.45, 2.75) is 18.9 Å². The summed E-state index contributed by atoms with van der Waals surface area (Å²) in [6.45, 7) is 0.214. The minimum Gasteiger partial charge on any atom is -0.481 e. The summed E-state index contributed by atoms with van der Waals surface area (Å²) >= 11 is 0. The molecule has 1 unspecified atom stereocenters. The summed E-state index contributed by atoms with van der Waals surface area (Å²) in [6, 6.07) is -0.992. The molecule has 0 amide bonds. The van der Waals surface area contributed by atoms with Gasteiger partial charge in [-0.2, -0.15) is 4.31 Å². The lowest BCUT2D eigenvalue weighted by molar-refractivity contribution is -0.149. The highest BCUT2D eigenvalue weighted by atomic mass is 32.2. The van der Waals surface area contributed by atoms with E-state index in [0.29, 0.717) is 0 Å². The van der Waals surface area contributed by atoms with E-state index in [9.17, 15) is 18.0 Å². The zero-order valence-corrected chi connectivity index (χ0v) is 11.4. The van der Waals surface area contributed by atoms with Gasteiger partial charge in [0.1, 0.15) is 6.04 Å². The molecule has 1 aliphatic heterocycles. The number of hydrogen-bond donors (Lipinski definition) is 1. The van der Waals surface area contributed by atoms with Crippen molar-refractivity contribution in [2.75, 3.05) is 32.6 Å². The van der Waals surface area contributed by atoms with Crippen LogP contribution in [0.25, 0.3) is 0 Å². The molecule has 1 heterocycles. The first-order valence-corrected chi connectivity index (χ1v) is 7.36. The molecule has 0 aromatic carbocycles. The number of carboxylic acids is 1. The number of methoxy groups -OCH3 is 1. The number of hydrogen-bond acceptors (Lipinski definition) is 6. The van der Waals surface area contributed by atoms with Gasteiger partial charge in [0.2, 0.25) is 10.0 Å². The fraction of sp³-hybridized carbons (Fsp3) is 0.800. The van der Waals surface area contributed by atoms with Gasteiger partial charge in [-0.15, -0.1) is 0 Å². The lowest BCUT2D eigenvalue weighted by atomic mass is 10.3. The third kappa shape index (κ3) is 4.44. The van der Waals surface area contributed by atoms with Crippen molar-refractivity contribution >= 4 is 22.0 Å². The molecule has 1 N–H and O–H groups in total. The Morgan fingerprint density at radius 3 is 2.74 bits per heavy atom. The zero-order valence-electron chi connectivity index (χ0n) is 10.6. The number of ether oxygens (including phenoxy) is 2. The molecule has 1 aliphatic rings. The number of morpholine rings is 1. The molecule has 9 heteroatoms. The maximum Gasteiger partial charge on any atom is 0.326 e. The Hall–Kier alpha value is -1.19. The summed E-state index contributed by atoms with van der Waals surface area (Å²) in [5, 5.41) is 8.50. The first-order chi connectivity index (χ1) is 8.88. The Morgan fingerprint density at radius 2 is 2.16 bits per heavy atom. The van der Waals surface area contributed by atoms with Gasteiger partial charge in [0, 0.05) is 13.0 Å². The molecule has 1 fully saturated rings. The molecule has 0 aliphatic carbocycles. The average molecular weight is 295 g/mol. The summed E-state index contributed by atoms with van der Waals surface area (Å²) in [5.41, 5.74) is 0. The highest BCUT2D eigenvalue weighted by Crippen LogP contribution is 2.15. The predicted molar refractivity (Wildman–Crippen MR) is 64.0 cm³/mol. The quantitative estimate of drug-likeness (QED) is 0.629. The van der Waals surface area contributed by atoms with E-state index in [4.69, 9.17) is 9.84 Å². The minimum absolute atomic E-state index is 0.00289. The van der Waals surface area contributed by atoms with Crippen LogP contribution in [0.15, 0.2) is 0 Å². The first kappa shape index (κ1) is 15.9. The maximum atomic E-state index is 12.1. The molecule has 0 bridgehead atoms. The number of rotatable bonds is 6. The van der Waals surface area contributed by atoms with E-state index in [-0.39, 0.29) is 38.4 Å². The standard InChI is InChI=1S/C10H17NO7S/c1-17-10(14)8-7-18-5-4-11(8)19(15,16)6-2-3-9(12)13/h8H,2-7H2,1H3,(H,12,13). The number of aliphatic carboxylic acids is 1. The Kier molecular flexibility index (Phi) is 5.70. The first-order valence-electron chi connectivity index (χ1n) is 5.75. The molecule has 0 spiro atoms. The van der Waals surface area contributed by atoms with Crippen LogP contribution in [0.1, 0.15) is 12.8 Å². The largest absolute Gasteiger partial charge is 0.481 e. The second kappa shape index (κ2) is 6.83. The topological polar surface area (TPSA) is 110 Å². The van der Waals surface area contributed by atoms with Crippen LogP contribution in [-0.4, -0.2) is 68.4 Å². The van der Waals surface area contributed by atoms with E-state index in [0.717, 1.165) is 4.31 Å². The van der Waals surface area contributed by atoms with Gasteiger partial charge in [0.15, 0.2) is 0 Å². The smallest absolute Gasteiger partial charge is 0.326 e. The average Bonchev–Trinajstić information content (AvgIpc) is 2.37. The lowest BCUT2D eigenvalue weighted by Crippen LogP contribution is -2.53. The third-order valence-electron chi connectivity index (χ3n) is 2.70. The molecule has 1 saturated heterocycles. The van der Waals surface area contributed by atoms with Crippen LogP contribution in [0, 0.1) is 0 Å². The fourth-order valence-corrected chi connectivity index (χ4v) is 3.40. The van der Waals surface area contributed by atoms with Gasteiger partial charge in [-0.1, -0.05) is 0 Å². The molecule has 1 atom stereocenters. The van der Waals surface area contributed by atoms with Crippen LogP contribution < -0.4 is 0 Å². The Balaban J connectivity index is 2.72. The second-order valence-electron chi connectivity index (χ2n) is 4.04. The molecular weight excluding hydrogens is 278 g/mol. The zero-order chi connectivity index (χ0) is 14.5. The van der Waals surface area contributed by atoms with Crippen molar-refractivity contribution in [3.05, 3.63) is 0 Å². The van der Waals surface area contributed by atoms with E-state index in [1.807, 2.05) is 0 Å². The van der Waals surface area contributed by atoms with E-state index >= 15 is 0 Å². The molecule has 0 saturated carbocycles. The van der Waals surface area contributed by atoms with Crippen LogP contribution in [0.2, 0.25) is 0 Å². The van der Waals surface area contributed by atoms with Gasteiger partial charge in [-0.3, -0.25) is 9.59 Å². The van der Waals surface area contributed by atoms with Crippen molar-refractivity contribution in [3.8, 4) is 0 Å². The summed E-state index contributed by atoms with van der Waals surface area (Å²) in [7, 11) is -2.52. The Morgan fingerprint density at radius 1 is 1.47 bits per heavy atom. The lowest BCUT2D eigenvalue weighted by Gasteiger charge is -2.32. The van der Waals surface area contributed by atoms with Crippen LogP contribution in [0.3, 0.4) is 0 Å². The third-order valence-corrected chi connectivity index (χ3v) is 4.66. The summed E-state index contributed by atoms with van der Waals surface area (Å²) in [4.78, 5) is 21.9. The van der Waals surface area contributed by atoms with Crippen molar-refractivity contribution in [3.63, 3.8) is 0 Å². The van der Waals surface area contributed by atoms with Crippen molar-refractivity contribution in [2.24, 2.45) is 0 Å². The number of sulfonamides is 1. The molecule has 0 aromatic heterocycles. The van der Waals surface area contributed by atoms with Crippen LogP contribution in [0.4, 0.5) is 0 Å². The molecule has 8 nitrogen and oxygen atoms in total. The van der Waals surface area contributed by atoms with Crippen LogP contribution >= 0.6 is 0 Å². The fourth-order valence-electron chi connectivity index (χ4n) is 1.77. The number of carbonyl (C=O) groups excluding carboxylic acids is 1. The highest BCUT2D eigenvalue weighted by Gasteiger charge is 2.37. The van der Waals surface area contributed by atoms with Gasteiger partial charge in [-0.05, 0) is 6.42 Å². The number of carbonyl (C=O) groups is 2. The van der Waals surface area contributed by atoms with Gasteiger partial charge < -0.3 is 14.6 Å². The summed E-state index contributed by atoms with van der Waals surface area (Å²) in [6.07, 6.45) is -0.227. The second-order valence-corrected chi connectivity index (χ2v) is 6.08. The summed E-state index contributed by atoms with van der Waals surface area (Å²) < 4.78 is 34.8.